The van der Waals surface area contributed by atoms with Gasteiger partial charge in [-0.25, -0.2) is 4.98 Å². The van der Waals surface area contributed by atoms with Gasteiger partial charge >= 0.3 is 0 Å². The molecule has 72 valence electrons. The van der Waals surface area contributed by atoms with Gasteiger partial charge in [0.25, 0.3) is 0 Å². The van der Waals surface area contributed by atoms with Gasteiger partial charge in [-0.2, -0.15) is 0 Å². The highest BCUT2D eigenvalue weighted by Gasteiger charge is 2.02. The molecule has 0 saturated heterocycles. The van der Waals surface area contributed by atoms with E-state index in [0.29, 0.717) is 5.95 Å². The van der Waals surface area contributed by atoms with Crippen LogP contribution in [0.2, 0.25) is 0 Å². The van der Waals surface area contributed by atoms with Crippen molar-refractivity contribution in [2.45, 2.75) is 6.92 Å². The zero-order valence-corrected chi connectivity index (χ0v) is 8.48. The van der Waals surface area contributed by atoms with E-state index in [4.69, 9.17) is 18.0 Å². The van der Waals surface area contributed by atoms with Crippen molar-refractivity contribution in [3.8, 4) is 0 Å². The van der Waals surface area contributed by atoms with Crippen LogP contribution in [0.5, 0.6) is 0 Å². The number of aromatic nitrogens is 2. The first kappa shape index (κ1) is 8.96. The van der Waals surface area contributed by atoms with Crippen molar-refractivity contribution in [2.75, 3.05) is 5.32 Å². The lowest BCUT2D eigenvalue weighted by Crippen LogP contribution is -2.19. The van der Waals surface area contributed by atoms with Crippen LogP contribution in [0.25, 0.3) is 11.0 Å². The number of aromatic amines is 1. The minimum absolute atomic E-state index is 0.209. The van der Waals surface area contributed by atoms with E-state index >= 15 is 0 Å². The molecule has 1 heterocycles. The highest BCUT2D eigenvalue weighted by molar-refractivity contribution is 7.80. The number of hydrogen-bond donors (Lipinski definition) is 3. The van der Waals surface area contributed by atoms with Crippen LogP contribution in [0.1, 0.15) is 5.56 Å². The van der Waals surface area contributed by atoms with Crippen LogP contribution in [0, 0.1) is 6.92 Å². The molecule has 1 aromatic heterocycles. The van der Waals surface area contributed by atoms with Gasteiger partial charge < -0.3 is 16.0 Å². The van der Waals surface area contributed by atoms with Crippen molar-refractivity contribution in [1.82, 2.24) is 9.97 Å². The first-order valence-corrected chi connectivity index (χ1v) is 4.59. The van der Waals surface area contributed by atoms with E-state index in [1.807, 2.05) is 25.1 Å². The van der Waals surface area contributed by atoms with E-state index < -0.39 is 0 Å². The van der Waals surface area contributed by atoms with E-state index in [-0.39, 0.29) is 5.11 Å². The van der Waals surface area contributed by atoms with Gasteiger partial charge in [-0.05, 0) is 36.8 Å². The SMILES string of the molecule is Cc1ccc2nc(NC(N)=S)[nH]c2c1. The third-order valence-electron chi connectivity index (χ3n) is 1.88. The number of thiocarbonyl (C=S) groups is 1. The molecule has 2 aromatic rings. The predicted molar refractivity (Wildman–Crippen MR) is 61.2 cm³/mol. The number of rotatable bonds is 1. The second-order valence-corrected chi connectivity index (χ2v) is 3.54. The maximum absolute atomic E-state index is 5.34. The normalized spacial score (nSPS) is 10.4. The van der Waals surface area contributed by atoms with Crippen LogP contribution in [0.4, 0.5) is 5.95 Å². The van der Waals surface area contributed by atoms with Crippen LogP contribution in [-0.4, -0.2) is 15.1 Å². The quantitative estimate of drug-likeness (QED) is 0.619. The third kappa shape index (κ3) is 1.67. The van der Waals surface area contributed by atoms with Crippen molar-refractivity contribution in [3.05, 3.63) is 23.8 Å². The fraction of sp³-hybridized carbons (Fsp3) is 0.111. The maximum atomic E-state index is 5.34. The van der Waals surface area contributed by atoms with E-state index in [0.717, 1.165) is 11.0 Å². The van der Waals surface area contributed by atoms with Gasteiger partial charge in [0.05, 0.1) is 11.0 Å². The number of hydrogen-bond acceptors (Lipinski definition) is 2. The van der Waals surface area contributed by atoms with E-state index in [2.05, 4.69) is 15.3 Å². The van der Waals surface area contributed by atoms with Crippen LogP contribution in [0.3, 0.4) is 0 Å². The van der Waals surface area contributed by atoms with E-state index in [1.165, 1.54) is 5.56 Å². The highest BCUT2D eigenvalue weighted by atomic mass is 32.1. The number of fused-ring (bicyclic) bond motifs is 1. The smallest absolute Gasteiger partial charge is 0.207 e. The lowest BCUT2D eigenvalue weighted by molar-refractivity contribution is 1.33. The average molecular weight is 206 g/mol. The van der Waals surface area contributed by atoms with Crippen molar-refractivity contribution in [2.24, 2.45) is 5.73 Å². The summed E-state index contributed by atoms with van der Waals surface area (Å²) in [6.07, 6.45) is 0. The number of imidazole rings is 1. The number of nitrogens with one attached hydrogen (secondary N) is 2. The molecule has 14 heavy (non-hydrogen) atoms. The minimum atomic E-state index is 0.209. The van der Waals surface area contributed by atoms with Crippen LogP contribution in [-0.2, 0) is 0 Å². The summed E-state index contributed by atoms with van der Waals surface area (Å²) in [6, 6.07) is 5.98. The van der Waals surface area contributed by atoms with Gasteiger partial charge in [-0.1, -0.05) is 6.07 Å². The molecule has 0 aliphatic heterocycles. The molecule has 2 rings (SSSR count). The Bertz CT molecular complexity index is 489. The summed E-state index contributed by atoms with van der Waals surface area (Å²) >= 11 is 4.71. The lowest BCUT2D eigenvalue weighted by Gasteiger charge is -1.95. The number of benzene rings is 1. The average Bonchev–Trinajstić information content (AvgIpc) is 2.44. The summed E-state index contributed by atoms with van der Waals surface area (Å²) in [5, 5.41) is 2.97. The van der Waals surface area contributed by atoms with Gasteiger partial charge in [0, 0.05) is 0 Å². The fourth-order valence-corrected chi connectivity index (χ4v) is 1.40. The zero-order valence-electron chi connectivity index (χ0n) is 7.66. The summed E-state index contributed by atoms with van der Waals surface area (Å²) in [6.45, 7) is 2.03. The number of H-pyrrole nitrogens is 1. The molecule has 0 aliphatic rings. The Balaban J connectivity index is 2.46. The second kappa shape index (κ2) is 3.26. The van der Waals surface area contributed by atoms with Crippen LogP contribution < -0.4 is 11.1 Å². The standard InChI is InChI=1S/C9H10N4S/c1-5-2-3-6-7(4-5)12-9(11-6)13-8(10)14/h2-4H,1H3,(H4,10,11,12,13,14). The molecule has 0 bridgehead atoms. The molecular formula is C9H10N4S. The number of nitrogens with zero attached hydrogens (tertiary/aromatic N) is 1. The molecule has 1 aromatic carbocycles. The van der Waals surface area contributed by atoms with E-state index in [9.17, 15) is 0 Å². The van der Waals surface area contributed by atoms with Gasteiger partial charge in [-0.15, -0.1) is 0 Å². The predicted octanol–water partition coefficient (Wildman–Crippen LogP) is 1.53. The molecular weight excluding hydrogens is 196 g/mol. The maximum Gasteiger partial charge on any atom is 0.207 e. The Kier molecular flexibility index (Phi) is 2.09. The molecule has 0 unspecified atom stereocenters. The number of anilines is 1. The Morgan fingerprint density at radius 1 is 1.57 bits per heavy atom. The Morgan fingerprint density at radius 2 is 2.36 bits per heavy atom. The minimum Gasteiger partial charge on any atom is -0.376 e. The molecule has 0 radical (unpaired) electrons. The summed E-state index contributed by atoms with van der Waals surface area (Å²) in [4.78, 5) is 7.34. The fourth-order valence-electron chi connectivity index (χ4n) is 1.30. The molecule has 4 nitrogen and oxygen atoms in total. The van der Waals surface area contributed by atoms with E-state index in [1.54, 1.807) is 0 Å². The zero-order chi connectivity index (χ0) is 10.1. The first-order valence-electron chi connectivity index (χ1n) is 4.18. The van der Waals surface area contributed by atoms with Gasteiger partial charge in [-0.3, -0.25) is 0 Å². The second-order valence-electron chi connectivity index (χ2n) is 3.10. The molecule has 0 fully saturated rings. The van der Waals surface area contributed by atoms with Gasteiger partial charge in [0.2, 0.25) is 5.95 Å². The van der Waals surface area contributed by atoms with Crippen LogP contribution >= 0.6 is 12.2 Å². The van der Waals surface area contributed by atoms with Crippen molar-refractivity contribution >= 4 is 34.3 Å². The van der Waals surface area contributed by atoms with Crippen molar-refractivity contribution < 1.29 is 0 Å². The Labute approximate surface area is 86.5 Å². The Morgan fingerprint density at radius 3 is 3.07 bits per heavy atom. The Hall–Kier alpha value is -1.62. The monoisotopic (exact) mass is 206 g/mol. The molecule has 0 atom stereocenters. The van der Waals surface area contributed by atoms with Crippen molar-refractivity contribution in [3.63, 3.8) is 0 Å². The summed E-state index contributed by atoms with van der Waals surface area (Å²) < 4.78 is 0. The molecule has 5 heteroatoms. The molecule has 4 N–H and O–H groups in total. The van der Waals surface area contributed by atoms with Crippen molar-refractivity contribution in [1.29, 1.82) is 0 Å². The summed E-state index contributed by atoms with van der Waals surface area (Å²) in [7, 11) is 0. The highest BCUT2D eigenvalue weighted by Crippen LogP contribution is 2.15. The molecule has 0 saturated carbocycles. The molecule has 0 spiro atoms. The topological polar surface area (TPSA) is 66.7 Å². The largest absolute Gasteiger partial charge is 0.376 e. The van der Waals surface area contributed by atoms with Gasteiger partial charge in [0.15, 0.2) is 5.11 Å². The molecule has 0 aliphatic carbocycles. The molecule has 0 amide bonds. The number of nitrogens with two attached hydrogens (primary N) is 1. The van der Waals surface area contributed by atoms with Crippen LogP contribution in [0.15, 0.2) is 18.2 Å². The third-order valence-corrected chi connectivity index (χ3v) is 1.98. The lowest BCUT2D eigenvalue weighted by atomic mass is 10.2. The summed E-state index contributed by atoms with van der Waals surface area (Å²) in [5.74, 6) is 0.582. The summed E-state index contributed by atoms with van der Waals surface area (Å²) in [5.41, 5.74) is 8.39. The first-order chi connectivity index (χ1) is 6.65. The van der Waals surface area contributed by atoms with Gasteiger partial charge in [0.1, 0.15) is 0 Å². The number of aryl methyl sites for hydroxylation is 1.